The van der Waals surface area contributed by atoms with Gasteiger partial charge in [-0.1, -0.05) is 115 Å². The Hall–Kier alpha value is -6.27. The number of hydrogen-bond acceptors (Lipinski definition) is 10. The van der Waals surface area contributed by atoms with E-state index in [2.05, 4.69) is 5.32 Å². The van der Waals surface area contributed by atoms with Crippen molar-refractivity contribution >= 4 is 51.2 Å². The van der Waals surface area contributed by atoms with Gasteiger partial charge in [-0.25, -0.2) is 0 Å². The third-order valence-electron chi connectivity index (χ3n) is 8.03. The van der Waals surface area contributed by atoms with Crippen molar-refractivity contribution < 1.29 is 14.0 Å². The third-order valence-corrected chi connectivity index (χ3v) is 11.6. The molecule has 0 bridgehead atoms. The van der Waals surface area contributed by atoms with Crippen LogP contribution in [0.3, 0.4) is 0 Å². The topological polar surface area (TPSA) is 128 Å². The molecule has 2 heterocycles. The highest BCUT2D eigenvalue weighted by Crippen LogP contribution is 2.33. The Balaban J connectivity index is 0.000000165. The largest absolute Gasteiger partial charge is 0.457 e. The minimum atomic E-state index is -0.397. The van der Waals surface area contributed by atoms with E-state index in [0.717, 1.165) is 11.3 Å². The number of benzene rings is 1. The van der Waals surface area contributed by atoms with Crippen LogP contribution in [-0.2, 0) is 9.59 Å². The van der Waals surface area contributed by atoms with Crippen molar-refractivity contribution in [2.45, 2.75) is 33.4 Å². The highest BCUT2D eigenvalue weighted by molar-refractivity contribution is 8.76. The first-order valence-corrected chi connectivity index (χ1v) is 20.4. The Labute approximate surface area is 340 Å². The average Bonchev–Trinajstić information content (AvgIpc) is 3.37. The predicted molar refractivity (Wildman–Crippen MR) is 230 cm³/mol. The molecule has 284 valence electrons. The molecule has 0 unspecified atom stereocenters. The van der Waals surface area contributed by atoms with E-state index in [1.54, 1.807) is 105 Å². The van der Waals surface area contributed by atoms with Gasteiger partial charge in [0.2, 0.25) is 0 Å². The molecule has 1 aliphatic rings. The fraction of sp³-hybridized carbons (Fsp3) is 0.0435. The summed E-state index contributed by atoms with van der Waals surface area (Å²) in [5.74, 6) is 0.568. The average molecular weight is 810 g/mol. The maximum Gasteiger partial charge on any atom is 0.258 e. The zero-order chi connectivity index (χ0) is 40.6. The monoisotopic (exact) mass is 809 g/mol. The molecular weight excluding hydrogens is 775 g/mol. The molecule has 11 heteroatoms. The van der Waals surface area contributed by atoms with Crippen molar-refractivity contribution in [3.05, 3.63) is 227 Å². The maximum atomic E-state index is 12.0. The molecule has 0 saturated heterocycles. The van der Waals surface area contributed by atoms with Crippen molar-refractivity contribution in [2.24, 2.45) is 0 Å². The van der Waals surface area contributed by atoms with Crippen LogP contribution in [0.1, 0.15) is 19.6 Å². The molecular formula is C46H35NO7S3. The van der Waals surface area contributed by atoms with E-state index in [1.807, 2.05) is 54.6 Å². The van der Waals surface area contributed by atoms with Crippen LogP contribution in [0.15, 0.2) is 224 Å². The molecule has 2 amide bonds. The summed E-state index contributed by atoms with van der Waals surface area (Å²) in [7, 11) is 2.61. The second kappa shape index (κ2) is 21.1. The Kier molecular flexibility index (Phi) is 15.5. The molecule has 1 aromatic heterocycles. The summed E-state index contributed by atoms with van der Waals surface area (Å²) in [5, 5.41) is 2.32. The van der Waals surface area contributed by atoms with E-state index < -0.39 is 5.91 Å². The number of carbonyl (C=O) groups is 2. The van der Waals surface area contributed by atoms with E-state index in [0.29, 0.717) is 42.1 Å². The lowest BCUT2D eigenvalue weighted by atomic mass is 9.97. The summed E-state index contributed by atoms with van der Waals surface area (Å²) in [6, 6.07) is 47.6. The number of nitrogens with one attached hydrogen (secondary N) is 1. The van der Waals surface area contributed by atoms with Gasteiger partial charge in [0.05, 0.1) is 19.6 Å². The van der Waals surface area contributed by atoms with E-state index >= 15 is 0 Å². The van der Waals surface area contributed by atoms with E-state index in [9.17, 15) is 28.8 Å². The van der Waals surface area contributed by atoms with Gasteiger partial charge in [0.25, 0.3) is 11.8 Å². The third kappa shape index (κ3) is 12.4. The molecule has 6 aromatic rings. The van der Waals surface area contributed by atoms with Gasteiger partial charge in [-0.3, -0.25) is 34.1 Å². The summed E-state index contributed by atoms with van der Waals surface area (Å²) in [4.78, 5) is 72.6. The smallest absolute Gasteiger partial charge is 0.258 e. The molecule has 0 atom stereocenters. The molecule has 0 saturated carbocycles. The van der Waals surface area contributed by atoms with Gasteiger partial charge >= 0.3 is 0 Å². The number of carbonyl (C=O) groups excluding carboxylic acids is 2. The number of hydrogen-bond donors (Lipinski definition) is 1. The summed E-state index contributed by atoms with van der Waals surface area (Å²) in [6.45, 7) is 3.46. The normalized spacial score (nSPS) is 12.7. The Morgan fingerprint density at radius 1 is 0.439 bits per heavy atom. The summed E-state index contributed by atoms with van der Waals surface area (Å²) < 4.78 is 5.77. The minimum Gasteiger partial charge on any atom is -0.457 e. The second-order valence-corrected chi connectivity index (χ2v) is 15.3. The number of imide groups is 1. The van der Waals surface area contributed by atoms with Gasteiger partial charge in [0.15, 0.2) is 21.7 Å². The highest BCUT2D eigenvalue weighted by Gasteiger charge is 2.25. The lowest BCUT2D eigenvalue weighted by Crippen LogP contribution is -2.37. The lowest BCUT2D eigenvalue weighted by Gasteiger charge is -2.16. The first kappa shape index (κ1) is 41.9. The molecule has 0 fully saturated rings. The van der Waals surface area contributed by atoms with Gasteiger partial charge in [-0.15, -0.1) is 0 Å². The predicted octanol–water partition coefficient (Wildman–Crippen LogP) is 9.09. The number of furan rings is 1. The second-order valence-electron chi connectivity index (χ2n) is 12.0. The van der Waals surface area contributed by atoms with Gasteiger partial charge in [-0.2, -0.15) is 0 Å². The maximum absolute atomic E-state index is 12.0. The molecule has 7 rings (SSSR count). The standard InChI is InChI=1S/C18H15NO3.C14H10O2S2.C14H10O2S/c1-11-12(2)17(20)19-18(21)15(11)10-14-8-9-16(22-14)13-6-4-3-5-7-13;15-11-7-3-1-5-9-13(11)17-18-14-10-6-2-4-8-12(14)16;15-11-7-3-1-5-9-13(11)17-14-10-6-2-4-8-12(14)16/h3-10H,1-2H3,(H,19,20,21);1-10H;1-10H/b15-10-;;. The zero-order valence-corrected chi connectivity index (χ0v) is 33.2. The lowest BCUT2D eigenvalue weighted by molar-refractivity contribution is -0.126. The van der Waals surface area contributed by atoms with Crippen LogP contribution < -0.4 is 27.0 Å². The molecule has 0 aliphatic carbocycles. The summed E-state index contributed by atoms with van der Waals surface area (Å²) in [5.41, 5.74) is 2.41. The Morgan fingerprint density at radius 2 is 0.842 bits per heavy atom. The first-order chi connectivity index (χ1) is 27.6. The van der Waals surface area contributed by atoms with E-state index in [-0.39, 0.29) is 27.6 Å². The van der Waals surface area contributed by atoms with Crippen LogP contribution in [0, 0.1) is 0 Å². The summed E-state index contributed by atoms with van der Waals surface area (Å²) >= 11 is 1.20. The van der Waals surface area contributed by atoms with Crippen LogP contribution in [0.5, 0.6) is 0 Å². The van der Waals surface area contributed by atoms with Gasteiger partial charge in [0, 0.05) is 16.7 Å². The molecule has 1 N–H and O–H groups in total. The fourth-order valence-corrected chi connectivity index (χ4v) is 7.86. The van der Waals surface area contributed by atoms with E-state index in [4.69, 9.17) is 4.42 Å². The van der Waals surface area contributed by atoms with Crippen LogP contribution in [0.4, 0.5) is 0 Å². The molecule has 8 nitrogen and oxygen atoms in total. The van der Waals surface area contributed by atoms with Gasteiger partial charge in [-0.05, 0) is 108 Å². The first-order valence-electron chi connectivity index (χ1n) is 17.4. The SMILES string of the molecule is CC1=C(C)/C(=C/c2ccc(-c3ccccc3)o2)C(=O)NC1=O.O=c1cccccc1SSc1cccccc1=O.O=c1cccccc1Sc1cccccc1=O. The van der Waals surface area contributed by atoms with Crippen molar-refractivity contribution in [3.63, 3.8) is 0 Å². The van der Waals surface area contributed by atoms with Gasteiger partial charge < -0.3 is 4.42 Å². The van der Waals surface area contributed by atoms with Crippen LogP contribution >= 0.6 is 33.3 Å². The van der Waals surface area contributed by atoms with Gasteiger partial charge in [0.1, 0.15) is 11.5 Å². The highest BCUT2D eigenvalue weighted by atomic mass is 33.1. The molecule has 5 aromatic carbocycles. The van der Waals surface area contributed by atoms with Crippen LogP contribution in [0.2, 0.25) is 0 Å². The number of amides is 2. The Bertz CT molecular complexity index is 2580. The molecule has 57 heavy (non-hydrogen) atoms. The van der Waals surface area contributed by atoms with Crippen molar-refractivity contribution in [2.75, 3.05) is 0 Å². The zero-order valence-electron chi connectivity index (χ0n) is 30.7. The number of rotatable bonds is 7. The van der Waals surface area contributed by atoms with Crippen molar-refractivity contribution in [1.29, 1.82) is 0 Å². The fourth-order valence-electron chi connectivity index (χ4n) is 4.88. The molecule has 1 aliphatic heterocycles. The van der Waals surface area contributed by atoms with Crippen molar-refractivity contribution in [3.8, 4) is 11.3 Å². The molecule has 0 spiro atoms. The van der Waals surface area contributed by atoms with Crippen molar-refractivity contribution in [1.82, 2.24) is 5.32 Å². The quantitative estimate of drug-likeness (QED) is 0.0948. The molecule has 0 radical (unpaired) electrons. The minimum absolute atomic E-state index is 0.0368. The van der Waals surface area contributed by atoms with E-state index in [1.165, 1.54) is 57.6 Å². The van der Waals surface area contributed by atoms with Crippen LogP contribution in [-0.4, -0.2) is 11.8 Å². The van der Waals surface area contributed by atoms with Crippen LogP contribution in [0.25, 0.3) is 17.4 Å². The summed E-state index contributed by atoms with van der Waals surface area (Å²) in [6.07, 6.45) is 1.66. The Morgan fingerprint density at radius 3 is 1.32 bits per heavy atom.